The summed E-state index contributed by atoms with van der Waals surface area (Å²) in [4.78, 5) is 36.7. The Balaban J connectivity index is 1.83. The van der Waals surface area contributed by atoms with E-state index in [4.69, 9.17) is 11.6 Å². The first-order chi connectivity index (χ1) is 12.5. The second-order valence-electron chi connectivity index (χ2n) is 5.85. The molecule has 3 rings (SSSR count). The Kier molecular flexibility index (Phi) is 5.23. The van der Waals surface area contributed by atoms with Gasteiger partial charge in [0, 0.05) is 29.9 Å². The number of phenolic OH excluding ortho intramolecular Hbond substituents is 1. The molecule has 0 aromatic heterocycles. The molecule has 7 heteroatoms. The quantitative estimate of drug-likeness (QED) is 0.350. The van der Waals surface area contributed by atoms with Gasteiger partial charge in [-0.3, -0.25) is 14.4 Å². The summed E-state index contributed by atoms with van der Waals surface area (Å²) in [5.74, 6) is -1.22. The fourth-order valence-corrected chi connectivity index (χ4v) is 3.03. The van der Waals surface area contributed by atoms with Crippen LogP contribution in [0.25, 0.3) is 0 Å². The average Bonchev–Trinajstić information content (AvgIpc) is 2.66. The van der Waals surface area contributed by atoms with Crippen LogP contribution in [0.15, 0.2) is 36.4 Å². The minimum absolute atomic E-state index is 0.0224. The number of rotatable bonds is 6. The summed E-state index contributed by atoms with van der Waals surface area (Å²) in [7, 11) is 0. The van der Waals surface area contributed by atoms with Gasteiger partial charge in [-0.05, 0) is 18.6 Å². The Hall–Kier alpha value is -2.86. The molecule has 0 saturated heterocycles. The second-order valence-corrected chi connectivity index (χ2v) is 6.12. The minimum atomic E-state index is -0.370. The average molecular weight is 373 g/mol. The molecule has 2 aromatic carbocycles. The Bertz CT molecular complexity index is 895. The highest BCUT2D eigenvalue weighted by atomic mass is 35.5. The molecule has 0 heterocycles. The molecule has 2 aromatic rings. The van der Waals surface area contributed by atoms with Crippen molar-refractivity contribution < 1.29 is 19.5 Å². The highest BCUT2D eigenvalue weighted by Gasteiger charge is 2.33. The number of carbonyl (C=O) groups excluding carboxylic acids is 3. The molecule has 0 bridgehead atoms. The van der Waals surface area contributed by atoms with Crippen molar-refractivity contribution in [1.82, 2.24) is 5.32 Å². The topological polar surface area (TPSA) is 95.5 Å². The fourth-order valence-electron chi connectivity index (χ4n) is 2.94. The van der Waals surface area contributed by atoms with E-state index in [1.54, 1.807) is 30.3 Å². The number of aromatic hydroxyl groups is 1. The maximum Gasteiger partial charge on any atom is 0.234 e. The van der Waals surface area contributed by atoms with E-state index in [1.165, 1.54) is 6.07 Å². The maximum absolute atomic E-state index is 12.9. The summed E-state index contributed by atoms with van der Waals surface area (Å²) in [6.07, 6.45) is 0.608. The molecule has 1 amide bonds. The second kappa shape index (κ2) is 7.58. The molecular formula is C19H17ClN2O4. The van der Waals surface area contributed by atoms with Crippen LogP contribution in [0, 0.1) is 0 Å². The summed E-state index contributed by atoms with van der Waals surface area (Å²) in [5, 5.41) is 15.9. The molecule has 0 atom stereocenters. The Labute approximate surface area is 155 Å². The fraction of sp³-hybridized carbons (Fsp3) is 0.211. The summed E-state index contributed by atoms with van der Waals surface area (Å²) in [6.45, 7) is 0.914. The number of anilines is 1. The summed E-state index contributed by atoms with van der Waals surface area (Å²) in [6, 6.07) is 9.54. The molecule has 0 saturated carbocycles. The van der Waals surface area contributed by atoms with Crippen molar-refractivity contribution in [1.29, 1.82) is 0 Å². The van der Waals surface area contributed by atoms with Gasteiger partial charge in [-0.2, -0.15) is 0 Å². The van der Waals surface area contributed by atoms with Gasteiger partial charge in [0.15, 0.2) is 11.6 Å². The van der Waals surface area contributed by atoms with Crippen LogP contribution in [0.1, 0.15) is 38.3 Å². The van der Waals surface area contributed by atoms with E-state index in [2.05, 4.69) is 10.6 Å². The Morgan fingerprint density at radius 1 is 0.962 bits per heavy atom. The van der Waals surface area contributed by atoms with Crippen molar-refractivity contribution in [3.05, 3.63) is 58.7 Å². The molecule has 0 unspecified atom stereocenters. The maximum atomic E-state index is 12.9. The van der Waals surface area contributed by atoms with E-state index in [9.17, 15) is 19.5 Å². The van der Waals surface area contributed by atoms with Gasteiger partial charge in [0.1, 0.15) is 11.6 Å². The molecule has 134 valence electrons. The van der Waals surface area contributed by atoms with Crippen molar-refractivity contribution in [2.45, 2.75) is 6.42 Å². The van der Waals surface area contributed by atoms with Crippen LogP contribution in [0.3, 0.4) is 0 Å². The number of alkyl halides is 1. The van der Waals surface area contributed by atoms with Crippen molar-refractivity contribution in [3.8, 4) is 5.75 Å². The normalized spacial score (nSPS) is 12.3. The zero-order valence-corrected chi connectivity index (χ0v) is 14.6. The highest BCUT2D eigenvalue weighted by molar-refractivity contribution is 6.31. The molecule has 0 fully saturated rings. The monoisotopic (exact) mass is 372 g/mol. The molecule has 1 aliphatic carbocycles. The number of benzene rings is 2. The number of fused-ring (bicyclic) bond motifs is 2. The summed E-state index contributed by atoms with van der Waals surface area (Å²) < 4.78 is 0. The first-order valence-electron chi connectivity index (χ1n) is 8.15. The lowest BCUT2D eigenvalue weighted by molar-refractivity contribution is -0.118. The summed E-state index contributed by atoms with van der Waals surface area (Å²) in [5.41, 5.74) is 1.30. The first-order valence-corrected chi connectivity index (χ1v) is 8.69. The number of hydrogen-bond donors (Lipinski definition) is 3. The minimum Gasteiger partial charge on any atom is -0.507 e. The Morgan fingerprint density at radius 2 is 1.62 bits per heavy atom. The van der Waals surface area contributed by atoms with Gasteiger partial charge in [0.05, 0.1) is 11.1 Å². The number of phenols is 1. The lowest BCUT2D eigenvalue weighted by Gasteiger charge is -2.21. The predicted molar refractivity (Wildman–Crippen MR) is 98.3 cm³/mol. The SMILES string of the molecule is O=C(CCl)NCCCNc1ccc(O)c2c1C(=O)c1ccccc1C2=O. The van der Waals surface area contributed by atoms with E-state index in [-0.39, 0.29) is 40.2 Å². The van der Waals surface area contributed by atoms with Crippen LogP contribution in [0.4, 0.5) is 5.69 Å². The number of carbonyl (C=O) groups is 3. The zero-order valence-electron chi connectivity index (χ0n) is 13.8. The van der Waals surface area contributed by atoms with Gasteiger partial charge in [-0.15, -0.1) is 11.6 Å². The lowest BCUT2D eigenvalue weighted by Crippen LogP contribution is -2.27. The van der Waals surface area contributed by atoms with E-state index in [1.807, 2.05) is 0 Å². The molecule has 3 N–H and O–H groups in total. The van der Waals surface area contributed by atoms with Crippen molar-refractivity contribution in [3.63, 3.8) is 0 Å². The number of halogens is 1. The van der Waals surface area contributed by atoms with Crippen LogP contribution in [0.5, 0.6) is 5.75 Å². The van der Waals surface area contributed by atoms with Gasteiger partial charge in [-0.25, -0.2) is 0 Å². The molecule has 6 nitrogen and oxygen atoms in total. The molecule has 26 heavy (non-hydrogen) atoms. The lowest BCUT2D eigenvalue weighted by atomic mass is 9.82. The smallest absolute Gasteiger partial charge is 0.234 e. The van der Waals surface area contributed by atoms with E-state index in [0.29, 0.717) is 36.3 Å². The number of ketones is 2. The van der Waals surface area contributed by atoms with E-state index in [0.717, 1.165) is 0 Å². The first kappa shape index (κ1) is 17.9. The van der Waals surface area contributed by atoms with Crippen LogP contribution in [-0.2, 0) is 4.79 Å². The predicted octanol–water partition coefficient (Wildman–Crippen LogP) is 2.32. The molecule has 0 aliphatic heterocycles. The molecule has 1 aliphatic rings. The van der Waals surface area contributed by atoms with Crippen LogP contribution >= 0.6 is 11.6 Å². The number of nitrogens with one attached hydrogen (secondary N) is 2. The van der Waals surface area contributed by atoms with Crippen LogP contribution in [0.2, 0.25) is 0 Å². The van der Waals surface area contributed by atoms with Crippen LogP contribution in [-0.4, -0.2) is 41.5 Å². The van der Waals surface area contributed by atoms with E-state index < -0.39 is 0 Å². The van der Waals surface area contributed by atoms with Gasteiger partial charge in [-0.1, -0.05) is 24.3 Å². The summed E-state index contributed by atoms with van der Waals surface area (Å²) >= 11 is 5.41. The molecular weight excluding hydrogens is 356 g/mol. The van der Waals surface area contributed by atoms with Crippen molar-refractivity contribution in [2.75, 3.05) is 24.3 Å². The highest BCUT2D eigenvalue weighted by Crippen LogP contribution is 2.36. The van der Waals surface area contributed by atoms with Gasteiger partial charge < -0.3 is 15.7 Å². The van der Waals surface area contributed by atoms with Gasteiger partial charge in [0.2, 0.25) is 5.91 Å². The van der Waals surface area contributed by atoms with Crippen molar-refractivity contribution in [2.24, 2.45) is 0 Å². The van der Waals surface area contributed by atoms with Gasteiger partial charge >= 0.3 is 0 Å². The van der Waals surface area contributed by atoms with Gasteiger partial charge in [0.25, 0.3) is 0 Å². The standard InChI is InChI=1S/C19H17ClN2O4/c20-10-15(24)22-9-3-8-21-13-6-7-14(23)17-16(13)18(25)11-4-1-2-5-12(11)19(17)26/h1-2,4-7,21,23H,3,8-10H2,(H,22,24). The third-order valence-corrected chi connectivity index (χ3v) is 4.41. The zero-order chi connectivity index (χ0) is 18.7. The Morgan fingerprint density at radius 3 is 2.27 bits per heavy atom. The third kappa shape index (κ3) is 3.28. The number of hydrogen-bond acceptors (Lipinski definition) is 5. The van der Waals surface area contributed by atoms with E-state index >= 15 is 0 Å². The third-order valence-electron chi connectivity index (χ3n) is 4.17. The van der Waals surface area contributed by atoms with Crippen LogP contribution < -0.4 is 10.6 Å². The molecule has 0 radical (unpaired) electrons. The molecule has 0 spiro atoms. The largest absolute Gasteiger partial charge is 0.507 e. The van der Waals surface area contributed by atoms with Crippen molar-refractivity contribution >= 4 is 34.8 Å². The number of amides is 1.